The third-order valence-electron chi connectivity index (χ3n) is 3.15. The fourth-order valence-corrected chi connectivity index (χ4v) is 2.91. The number of hydrogen-bond donors (Lipinski definition) is 1. The number of nitrogens with zero attached hydrogens (tertiary/aromatic N) is 1. The van der Waals surface area contributed by atoms with E-state index in [1.165, 1.54) is 10.3 Å². The van der Waals surface area contributed by atoms with Gasteiger partial charge in [0.15, 0.2) is 0 Å². The molecular formula is C18H16N2S. The molecule has 3 rings (SSSR count). The number of thiazole rings is 1. The van der Waals surface area contributed by atoms with Crippen LogP contribution in [-0.2, 0) is 0 Å². The van der Waals surface area contributed by atoms with Crippen LogP contribution in [0.5, 0.6) is 0 Å². The van der Waals surface area contributed by atoms with Crippen molar-refractivity contribution < 1.29 is 0 Å². The average molecular weight is 292 g/mol. The van der Waals surface area contributed by atoms with E-state index in [2.05, 4.69) is 46.7 Å². The lowest BCUT2D eigenvalue weighted by Gasteiger charge is -1.98. The van der Waals surface area contributed by atoms with Gasteiger partial charge in [-0.2, -0.15) is 0 Å². The minimum absolute atomic E-state index is 1.03. The SMILES string of the molecule is CNc1ccc(/C=C/C=C/c2nc3ccccc3s2)cc1. The maximum atomic E-state index is 4.57. The summed E-state index contributed by atoms with van der Waals surface area (Å²) in [5.41, 5.74) is 3.37. The van der Waals surface area contributed by atoms with Gasteiger partial charge in [0.05, 0.1) is 10.2 Å². The third kappa shape index (κ3) is 3.38. The number of allylic oxidation sites excluding steroid dienone is 2. The van der Waals surface area contributed by atoms with Crippen LogP contribution in [0.15, 0.2) is 60.7 Å². The number of fused-ring (bicyclic) bond motifs is 1. The van der Waals surface area contributed by atoms with E-state index in [1.54, 1.807) is 11.3 Å². The maximum absolute atomic E-state index is 4.57. The minimum atomic E-state index is 1.03. The molecule has 0 atom stereocenters. The van der Waals surface area contributed by atoms with Crippen molar-refractivity contribution in [2.75, 3.05) is 12.4 Å². The normalized spacial score (nSPS) is 11.7. The highest BCUT2D eigenvalue weighted by Gasteiger charge is 1.98. The number of rotatable bonds is 4. The van der Waals surface area contributed by atoms with Crippen molar-refractivity contribution >= 4 is 39.4 Å². The van der Waals surface area contributed by atoms with E-state index >= 15 is 0 Å². The molecule has 1 heterocycles. The van der Waals surface area contributed by atoms with Crippen LogP contribution in [0.25, 0.3) is 22.4 Å². The summed E-state index contributed by atoms with van der Waals surface area (Å²) in [5, 5.41) is 4.14. The van der Waals surface area contributed by atoms with Gasteiger partial charge in [0.1, 0.15) is 5.01 Å². The monoisotopic (exact) mass is 292 g/mol. The van der Waals surface area contributed by atoms with Crippen LogP contribution in [0.4, 0.5) is 5.69 Å². The summed E-state index contributed by atoms with van der Waals surface area (Å²) in [7, 11) is 1.92. The van der Waals surface area contributed by atoms with Gasteiger partial charge in [0, 0.05) is 12.7 Å². The largest absolute Gasteiger partial charge is 0.388 e. The van der Waals surface area contributed by atoms with Crippen molar-refractivity contribution in [3.63, 3.8) is 0 Å². The van der Waals surface area contributed by atoms with Crippen LogP contribution in [0.3, 0.4) is 0 Å². The lowest BCUT2D eigenvalue weighted by atomic mass is 10.2. The Morgan fingerprint density at radius 3 is 2.48 bits per heavy atom. The molecule has 0 spiro atoms. The van der Waals surface area contributed by atoms with Gasteiger partial charge < -0.3 is 5.32 Å². The Balaban J connectivity index is 1.69. The second kappa shape index (κ2) is 6.37. The number of benzene rings is 2. The van der Waals surface area contributed by atoms with Crippen LogP contribution in [-0.4, -0.2) is 12.0 Å². The Kier molecular flexibility index (Phi) is 4.12. The quantitative estimate of drug-likeness (QED) is 0.679. The number of nitrogens with one attached hydrogen (secondary N) is 1. The number of para-hydroxylation sites is 1. The lowest BCUT2D eigenvalue weighted by molar-refractivity contribution is 1.46. The molecule has 3 aromatic rings. The molecule has 2 nitrogen and oxygen atoms in total. The van der Waals surface area contributed by atoms with E-state index in [0.717, 1.165) is 16.2 Å². The van der Waals surface area contributed by atoms with Gasteiger partial charge in [-0.15, -0.1) is 11.3 Å². The molecule has 0 fully saturated rings. The third-order valence-corrected chi connectivity index (χ3v) is 4.15. The maximum Gasteiger partial charge on any atom is 0.117 e. The molecule has 1 aromatic heterocycles. The molecule has 0 aliphatic heterocycles. The van der Waals surface area contributed by atoms with Gasteiger partial charge in [0.25, 0.3) is 0 Å². The van der Waals surface area contributed by atoms with Crippen LogP contribution in [0, 0.1) is 0 Å². The van der Waals surface area contributed by atoms with Crippen molar-refractivity contribution in [3.8, 4) is 0 Å². The molecule has 1 N–H and O–H groups in total. The summed E-state index contributed by atoms with van der Waals surface area (Å²) in [6, 6.07) is 16.5. The molecule has 0 saturated carbocycles. The lowest BCUT2D eigenvalue weighted by Crippen LogP contribution is -1.86. The molecule has 0 bridgehead atoms. The zero-order valence-electron chi connectivity index (χ0n) is 11.8. The second-order valence-corrected chi connectivity index (χ2v) is 5.67. The summed E-state index contributed by atoms with van der Waals surface area (Å²) in [5.74, 6) is 0. The average Bonchev–Trinajstić information content (AvgIpc) is 2.95. The molecule has 0 unspecified atom stereocenters. The first-order chi connectivity index (χ1) is 10.3. The highest BCUT2D eigenvalue weighted by atomic mass is 32.1. The van der Waals surface area contributed by atoms with Gasteiger partial charge >= 0.3 is 0 Å². The molecule has 21 heavy (non-hydrogen) atoms. The molecule has 0 saturated heterocycles. The van der Waals surface area contributed by atoms with Crippen LogP contribution < -0.4 is 5.32 Å². The Morgan fingerprint density at radius 2 is 1.71 bits per heavy atom. The van der Waals surface area contributed by atoms with Crippen LogP contribution in [0.2, 0.25) is 0 Å². The van der Waals surface area contributed by atoms with Crippen molar-refractivity contribution in [2.45, 2.75) is 0 Å². The molecule has 104 valence electrons. The molecule has 0 amide bonds. The van der Waals surface area contributed by atoms with Gasteiger partial charge in [-0.3, -0.25) is 0 Å². The summed E-state index contributed by atoms with van der Waals surface area (Å²) >= 11 is 1.71. The number of aromatic nitrogens is 1. The predicted molar refractivity (Wildman–Crippen MR) is 93.7 cm³/mol. The second-order valence-electron chi connectivity index (χ2n) is 4.61. The summed E-state index contributed by atoms with van der Waals surface area (Å²) in [6.45, 7) is 0. The number of anilines is 1. The fourth-order valence-electron chi connectivity index (χ4n) is 2.03. The predicted octanol–water partition coefficient (Wildman–Crippen LogP) is 5.06. The molecule has 3 heteroatoms. The minimum Gasteiger partial charge on any atom is -0.388 e. The highest BCUT2D eigenvalue weighted by Crippen LogP contribution is 2.22. The standard InChI is InChI=1S/C18H16N2S/c1-19-15-12-10-14(11-13-15)6-2-5-9-18-20-16-7-3-4-8-17(16)21-18/h2-13,19H,1H3/b6-2+,9-5+. The number of hydrogen-bond acceptors (Lipinski definition) is 3. The summed E-state index contributed by atoms with van der Waals surface area (Å²) in [6.07, 6.45) is 8.20. The van der Waals surface area contributed by atoms with E-state index < -0.39 is 0 Å². The van der Waals surface area contributed by atoms with Gasteiger partial charge in [-0.25, -0.2) is 4.98 Å². The Hall–Kier alpha value is -2.39. The van der Waals surface area contributed by atoms with Gasteiger partial charge in [0.2, 0.25) is 0 Å². The van der Waals surface area contributed by atoms with Crippen molar-refractivity contribution in [1.29, 1.82) is 0 Å². The van der Waals surface area contributed by atoms with Crippen molar-refractivity contribution in [2.24, 2.45) is 0 Å². The summed E-state index contributed by atoms with van der Waals surface area (Å²) in [4.78, 5) is 4.57. The first-order valence-corrected chi connectivity index (χ1v) is 7.65. The Labute approximate surface area is 128 Å². The van der Waals surface area contributed by atoms with E-state index in [4.69, 9.17) is 0 Å². The van der Waals surface area contributed by atoms with Gasteiger partial charge in [-0.05, 0) is 35.9 Å². The summed E-state index contributed by atoms with van der Waals surface area (Å²) < 4.78 is 1.23. The molecule has 0 radical (unpaired) electrons. The Bertz CT molecular complexity index is 749. The topological polar surface area (TPSA) is 24.9 Å². The Morgan fingerprint density at radius 1 is 0.952 bits per heavy atom. The zero-order chi connectivity index (χ0) is 14.5. The zero-order valence-corrected chi connectivity index (χ0v) is 12.6. The van der Waals surface area contributed by atoms with Gasteiger partial charge in [-0.1, -0.05) is 42.5 Å². The molecular weight excluding hydrogens is 276 g/mol. The highest BCUT2D eigenvalue weighted by molar-refractivity contribution is 7.19. The van der Waals surface area contributed by atoms with E-state index in [9.17, 15) is 0 Å². The van der Waals surface area contributed by atoms with Crippen LogP contribution >= 0.6 is 11.3 Å². The van der Waals surface area contributed by atoms with E-state index in [1.807, 2.05) is 43.5 Å². The molecule has 2 aromatic carbocycles. The first kappa shape index (κ1) is 13.6. The smallest absolute Gasteiger partial charge is 0.117 e. The van der Waals surface area contributed by atoms with E-state index in [0.29, 0.717) is 0 Å². The molecule has 0 aliphatic carbocycles. The first-order valence-electron chi connectivity index (χ1n) is 6.83. The molecule has 0 aliphatic rings. The van der Waals surface area contributed by atoms with Crippen molar-refractivity contribution in [1.82, 2.24) is 4.98 Å². The van der Waals surface area contributed by atoms with Crippen LogP contribution in [0.1, 0.15) is 10.6 Å². The van der Waals surface area contributed by atoms with Crippen molar-refractivity contribution in [3.05, 3.63) is 71.3 Å². The van der Waals surface area contributed by atoms with E-state index in [-0.39, 0.29) is 0 Å². The fraction of sp³-hybridized carbons (Fsp3) is 0.0556.